The molecule has 0 aliphatic rings. The Morgan fingerprint density at radius 2 is 1.71 bits per heavy atom. The number of nitrogens with zero attached hydrogens (tertiary/aromatic N) is 3. The summed E-state index contributed by atoms with van der Waals surface area (Å²) in [6, 6.07) is 19.7. The van der Waals surface area contributed by atoms with Gasteiger partial charge < -0.3 is 10.6 Å². The second kappa shape index (κ2) is 7.96. The Bertz CT molecular complexity index is 1120. The van der Waals surface area contributed by atoms with Gasteiger partial charge in [-0.2, -0.15) is 9.50 Å². The molecule has 2 aromatic heterocycles. The van der Waals surface area contributed by atoms with Crippen LogP contribution in [0.1, 0.15) is 23.7 Å². The Morgan fingerprint density at radius 3 is 2.46 bits per heavy atom. The number of hydrogen-bond donors (Lipinski definition) is 3. The van der Waals surface area contributed by atoms with Gasteiger partial charge in [-0.1, -0.05) is 49.4 Å². The molecule has 0 fully saturated rings. The molecule has 0 unspecified atom stereocenters. The van der Waals surface area contributed by atoms with Crippen molar-refractivity contribution in [1.29, 1.82) is 0 Å². The average molecular weight is 374 g/mol. The smallest absolute Gasteiger partial charge is 0.274 e. The van der Waals surface area contributed by atoms with Crippen molar-refractivity contribution in [2.24, 2.45) is 0 Å². The van der Waals surface area contributed by atoms with Crippen molar-refractivity contribution in [3.63, 3.8) is 0 Å². The number of benzene rings is 2. The Labute approximate surface area is 162 Å². The van der Waals surface area contributed by atoms with E-state index in [1.165, 1.54) is 16.1 Å². The standard InChI is InChI=1S/C21H22N6O/c1-2-15-8-10-17(11-9-15)22-14-18-12-19(28)27-21(24-18)25-20(26-27)23-13-16-6-4-3-5-7-16/h3-12,22H,2,13-14H2,1H3,(H2,23,24,25,26). The van der Waals surface area contributed by atoms with Gasteiger partial charge in [0.2, 0.25) is 5.95 Å². The molecule has 0 aliphatic carbocycles. The molecule has 0 bridgehead atoms. The Hall–Kier alpha value is -3.61. The molecular formula is C21H22N6O. The van der Waals surface area contributed by atoms with Crippen molar-refractivity contribution in [3.05, 3.63) is 87.8 Å². The lowest BCUT2D eigenvalue weighted by Gasteiger charge is -2.06. The Balaban J connectivity index is 1.47. The van der Waals surface area contributed by atoms with Crippen LogP contribution < -0.4 is 16.2 Å². The lowest BCUT2D eigenvalue weighted by molar-refractivity contribution is 0.874. The summed E-state index contributed by atoms with van der Waals surface area (Å²) in [6.07, 6.45) is 1.01. The summed E-state index contributed by atoms with van der Waals surface area (Å²) in [5.41, 5.74) is 3.86. The zero-order valence-corrected chi connectivity index (χ0v) is 15.6. The van der Waals surface area contributed by atoms with Crippen molar-refractivity contribution < 1.29 is 0 Å². The average Bonchev–Trinajstić information content (AvgIpc) is 3.15. The first-order chi connectivity index (χ1) is 13.7. The third kappa shape index (κ3) is 4.03. The molecule has 7 heteroatoms. The Kier molecular flexibility index (Phi) is 5.05. The minimum absolute atomic E-state index is 0.191. The van der Waals surface area contributed by atoms with Crippen LogP contribution in [0, 0.1) is 0 Å². The lowest BCUT2D eigenvalue weighted by Crippen LogP contribution is -2.17. The highest BCUT2D eigenvalue weighted by Crippen LogP contribution is 2.11. The normalized spacial score (nSPS) is 10.9. The van der Waals surface area contributed by atoms with E-state index in [4.69, 9.17) is 0 Å². The topological polar surface area (TPSA) is 87.1 Å². The molecule has 0 aliphatic heterocycles. The number of hydrogen-bond acceptors (Lipinski definition) is 5. The molecule has 0 saturated heterocycles. The van der Waals surface area contributed by atoms with Gasteiger partial charge in [-0.15, -0.1) is 0 Å². The quantitative estimate of drug-likeness (QED) is 0.462. The number of H-pyrrole nitrogens is 1. The highest BCUT2D eigenvalue weighted by Gasteiger charge is 2.08. The van der Waals surface area contributed by atoms with Crippen LogP contribution in [0.4, 0.5) is 11.6 Å². The van der Waals surface area contributed by atoms with Crippen LogP contribution in [0.25, 0.3) is 5.78 Å². The summed E-state index contributed by atoms with van der Waals surface area (Å²) in [7, 11) is 0. The van der Waals surface area contributed by atoms with Gasteiger partial charge in [-0.05, 0) is 29.7 Å². The number of aromatic amines is 1. The molecule has 7 nitrogen and oxygen atoms in total. The molecule has 0 radical (unpaired) electrons. The molecule has 142 valence electrons. The van der Waals surface area contributed by atoms with E-state index in [2.05, 4.69) is 44.8 Å². The molecule has 4 rings (SSSR count). The first kappa shape index (κ1) is 17.8. The maximum atomic E-state index is 12.4. The van der Waals surface area contributed by atoms with E-state index in [0.29, 0.717) is 30.5 Å². The van der Waals surface area contributed by atoms with E-state index < -0.39 is 0 Å². The molecule has 0 saturated carbocycles. The Morgan fingerprint density at radius 1 is 0.929 bits per heavy atom. The zero-order valence-electron chi connectivity index (χ0n) is 15.6. The van der Waals surface area contributed by atoms with E-state index in [1.807, 2.05) is 42.5 Å². The maximum Gasteiger partial charge on any atom is 0.274 e. The van der Waals surface area contributed by atoms with E-state index >= 15 is 0 Å². The van der Waals surface area contributed by atoms with Gasteiger partial charge in [0.25, 0.3) is 11.3 Å². The minimum atomic E-state index is -0.191. The number of nitrogens with one attached hydrogen (secondary N) is 3. The largest absolute Gasteiger partial charge is 0.379 e. The lowest BCUT2D eigenvalue weighted by atomic mass is 10.1. The van der Waals surface area contributed by atoms with Gasteiger partial charge >= 0.3 is 0 Å². The van der Waals surface area contributed by atoms with Crippen LogP contribution in [0.2, 0.25) is 0 Å². The van der Waals surface area contributed by atoms with Gasteiger partial charge in [-0.3, -0.25) is 9.89 Å². The first-order valence-electron chi connectivity index (χ1n) is 9.30. The summed E-state index contributed by atoms with van der Waals surface area (Å²) in [6.45, 7) is 3.19. The number of anilines is 2. The van der Waals surface area contributed by atoms with Crippen molar-refractivity contribution in [3.8, 4) is 0 Å². The van der Waals surface area contributed by atoms with Crippen molar-refractivity contribution >= 4 is 17.4 Å². The van der Waals surface area contributed by atoms with E-state index in [9.17, 15) is 4.79 Å². The molecule has 2 heterocycles. The van der Waals surface area contributed by atoms with Crippen LogP contribution >= 0.6 is 0 Å². The van der Waals surface area contributed by atoms with Gasteiger partial charge in [0, 0.05) is 18.3 Å². The molecule has 4 aromatic rings. The first-order valence-corrected chi connectivity index (χ1v) is 9.30. The highest BCUT2D eigenvalue weighted by atomic mass is 16.1. The molecule has 28 heavy (non-hydrogen) atoms. The second-order valence-electron chi connectivity index (χ2n) is 6.54. The minimum Gasteiger partial charge on any atom is -0.379 e. The summed E-state index contributed by atoms with van der Waals surface area (Å²) < 4.78 is 1.34. The summed E-state index contributed by atoms with van der Waals surface area (Å²) >= 11 is 0. The molecule has 0 atom stereocenters. The molecule has 0 spiro atoms. The summed E-state index contributed by atoms with van der Waals surface area (Å²) in [5.74, 6) is 0.856. The van der Waals surface area contributed by atoms with E-state index in [-0.39, 0.29) is 5.56 Å². The third-order valence-electron chi connectivity index (χ3n) is 4.52. The maximum absolute atomic E-state index is 12.4. The zero-order chi connectivity index (χ0) is 19.3. The van der Waals surface area contributed by atoms with Crippen molar-refractivity contribution in [1.82, 2.24) is 19.6 Å². The predicted molar refractivity (Wildman–Crippen MR) is 111 cm³/mol. The molecule has 0 amide bonds. The predicted octanol–water partition coefficient (Wildman–Crippen LogP) is 3.20. The highest BCUT2D eigenvalue weighted by molar-refractivity contribution is 5.45. The van der Waals surface area contributed by atoms with Crippen LogP contribution in [0.3, 0.4) is 0 Å². The summed E-state index contributed by atoms with van der Waals surface area (Å²) in [4.78, 5) is 21.2. The fourth-order valence-corrected chi connectivity index (χ4v) is 2.93. The monoisotopic (exact) mass is 374 g/mol. The third-order valence-corrected chi connectivity index (χ3v) is 4.52. The number of aromatic nitrogens is 4. The van der Waals surface area contributed by atoms with Gasteiger partial charge in [-0.25, -0.2) is 4.98 Å². The molecule has 2 aromatic carbocycles. The van der Waals surface area contributed by atoms with Crippen LogP contribution in [0.15, 0.2) is 65.5 Å². The SMILES string of the molecule is CCc1ccc(NCc2cc(=O)n3[nH]c(NCc4ccccc4)nc3n2)cc1. The fraction of sp³-hybridized carbons (Fsp3) is 0.190. The molecule has 3 N–H and O–H groups in total. The number of rotatable bonds is 7. The van der Waals surface area contributed by atoms with E-state index in [1.54, 1.807) is 0 Å². The number of aryl methyl sites for hydroxylation is 1. The van der Waals surface area contributed by atoms with E-state index in [0.717, 1.165) is 17.7 Å². The van der Waals surface area contributed by atoms with Gasteiger partial charge in [0.15, 0.2) is 0 Å². The van der Waals surface area contributed by atoms with Crippen LogP contribution in [0.5, 0.6) is 0 Å². The second-order valence-corrected chi connectivity index (χ2v) is 6.54. The fourth-order valence-electron chi connectivity index (χ4n) is 2.93. The van der Waals surface area contributed by atoms with Crippen LogP contribution in [-0.2, 0) is 19.5 Å². The van der Waals surface area contributed by atoms with Crippen molar-refractivity contribution in [2.75, 3.05) is 10.6 Å². The van der Waals surface area contributed by atoms with Gasteiger partial charge in [0.05, 0.1) is 12.2 Å². The van der Waals surface area contributed by atoms with Crippen LogP contribution in [-0.4, -0.2) is 19.6 Å². The summed E-state index contributed by atoms with van der Waals surface area (Å²) in [5, 5.41) is 9.42. The van der Waals surface area contributed by atoms with Gasteiger partial charge in [0.1, 0.15) is 0 Å². The number of fused-ring (bicyclic) bond motifs is 1. The van der Waals surface area contributed by atoms with Crippen molar-refractivity contribution in [2.45, 2.75) is 26.4 Å². The molecular weight excluding hydrogens is 352 g/mol.